The average molecular weight is 302 g/mol. The average Bonchev–Trinajstić information content (AvgIpc) is 2.50. The summed E-state index contributed by atoms with van der Waals surface area (Å²) in [7, 11) is 0. The Bertz CT molecular complexity index is 240. The Kier molecular flexibility index (Phi) is 13.1. The van der Waals surface area contributed by atoms with Crippen LogP contribution in [0.2, 0.25) is 0 Å². The highest BCUT2D eigenvalue weighted by atomic mass is 16.4. The molecule has 5 atom stereocenters. The second-order valence-electron chi connectivity index (χ2n) is 3.81. The fourth-order valence-corrected chi connectivity index (χ4v) is 0.846. The molecule has 0 aliphatic heterocycles. The fraction of sp³-hybridized carbons (Fsp3) is 0.900. The zero-order valence-electron chi connectivity index (χ0n) is 10.6. The van der Waals surface area contributed by atoms with Gasteiger partial charge >= 0.3 is 0 Å². The molecule has 0 fully saturated rings. The minimum atomic E-state index is -1.86. The van der Waals surface area contributed by atoms with E-state index in [0.29, 0.717) is 0 Å². The highest BCUT2D eigenvalue weighted by Crippen LogP contribution is 2.00. The zero-order chi connectivity index (χ0) is 16.3. The van der Waals surface area contributed by atoms with Crippen LogP contribution in [0.4, 0.5) is 0 Å². The number of ketones is 1. The molecule has 0 aromatic rings. The van der Waals surface area contributed by atoms with Crippen molar-refractivity contribution in [2.24, 2.45) is 0 Å². The Morgan fingerprint density at radius 3 is 1.30 bits per heavy atom. The Balaban J connectivity index is 0. The first-order valence-corrected chi connectivity index (χ1v) is 5.63. The molecule has 5 unspecified atom stereocenters. The third-order valence-electron chi connectivity index (χ3n) is 2.21. The molecule has 0 rings (SSSR count). The van der Waals surface area contributed by atoms with Crippen molar-refractivity contribution >= 4 is 5.78 Å². The first kappa shape index (κ1) is 21.6. The Labute approximate surface area is 114 Å². The van der Waals surface area contributed by atoms with E-state index < -0.39 is 62.7 Å². The van der Waals surface area contributed by atoms with Crippen LogP contribution >= 0.6 is 0 Å². The zero-order valence-corrected chi connectivity index (χ0v) is 10.6. The molecular weight excluding hydrogens is 280 g/mol. The summed E-state index contributed by atoms with van der Waals surface area (Å²) in [6.07, 6.45) is -7.66. The number of Topliss-reactive ketones (excluding diaryl/α,β-unsaturated/α-hetero) is 1. The molecule has 0 saturated heterocycles. The van der Waals surface area contributed by atoms with E-state index in [4.69, 9.17) is 46.0 Å². The molecule has 0 heterocycles. The highest BCUT2D eigenvalue weighted by molar-refractivity contribution is 5.84. The topological polar surface area (TPSA) is 199 Å². The monoisotopic (exact) mass is 302 g/mol. The van der Waals surface area contributed by atoms with Gasteiger partial charge in [0.25, 0.3) is 0 Å². The summed E-state index contributed by atoms with van der Waals surface area (Å²) in [5, 5.41) is 76.2. The van der Waals surface area contributed by atoms with Crippen molar-refractivity contribution in [1.29, 1.82) is 0 Å². The summed E-state index contributed by atoms with van der Waals surface area (Å²) in [6.45, 7) is -2.74. The van der Waals surface area contributed by atoms with Crippen LogP contribution in [-0.4, -0.2) is 109 Å². The first-order valence-electron chi connectivity index (χ1n) is 5.63. The lowest BCUT2D eigenvalue weighted by Gasteiger charge is -2.19. The standard InChI is InChI=1S/C6H12O6.C4H10O4/c7-1-3(9)5(11)6(12)4(10)2-8;5-1-3(7)4(8)2-6/h3,5-9,11-12H,1-2H2;3-8H,1-2H2. The van der Waals surface area contributed by atoms with E-state index in [9.17, 15) is 4.79 Å². The fourth-order valence-electron chi connectivity index (χ4n) is 0.846. The van der Waals surface area contributed by atoms with Crippen molar-refractivity contribution in [3.63, 3.8) is 0 Å². The Morgan fingerprint density at radius 2 is 1.05 bits per heavy atom. The summed E-state index contributed by atoms with van der Waals surface area (Å²) >= 11 is 0. The van der Waals surface area contributed by atoms with E-state index in [1.807, 2.05) is 0 Å². The third-order valence-corrected chi connectivity index (χ3v) is 2.21. The van der Waals surface area contributed by atoms with Crippen molar-refractivity contribution < 1.29 is 50.8 Å². The van der Waals surface area contributed by atoms with Gasteiger partial charge in [-0.1, -0.05) is 0 Å². The van der Waals surface area contributed by atoms with Crippen LogP contribution in [-0.2, 0) is 4.79 Å². The van der Waals surface area contributed by atoms with Crippen molar-refractivity contribution in [2.45, 2.75) is 30.5 Å². The van der Waals surface area contributed by atoms with Crippen LogP contribution in [0, 0.1) is 0 Å². The summed E-state index contributed by atoms with van der Waals surface area (Å²) in [6, 6.07) is 0. The quantitative estimate of drug-likeness (QED) is 0.208. The van der Waals surface area contributed by atoms with Crippen LogP contribution in [0.5, 0.6) is 0 Å². The lowest BCUT2D eigenvalue weighted by molar-refractivity contribution is -0.142. The van der Waals surface area contributed by atoms with Crippen LogP contribution in [0.15, 0.2) is 0 Å². The molecular formula is C10H22O10. The smallest absolute Gasteiger partial charge is 0.189 e. The second-order valence-corrected chi connectivity index (χ2v) is 3.81. The van der Waals surface area contributed by atoms with E-state index >= 15 is 0 Å². The lowest BCUT2D eigenvalue weighted by atomic mass is 10.1. The summed E-state index contributed by atoms with van der Waals surface area (Å²) in [5.74, 6) is -1.00. The molecule has 0 aromatic heterocycles. The van der Waals surface area contributed by atoms with Gasteiger partial charge in [-0.2, -0.15) is 0 Å². The van der Waals surface area contributed by atoms with Gasteiger partial charge in [0.2, 0.25) is 0 Å². The van der Waals surface area contributed by atoms with E-state index in [1.165, 1.54) is 0 Å². The SMILES string of the molecule is O=C(CO)C(O)C(O)C(O)CO.OCC(O)C(O)CO. The van der Waals surface area contributed by atoms with Crippen molar-refractivity contribution in [2.75, 3.05) is 26.4 Å². The maximum absolute atomic E-state index is 10.5. The van der Waals surface area contributed by atoms with Crippen LogP contribution in [0.1, 0.15) is 0 Å². The number of carbonyl (C=O) groups is 1. The molecule has 0 aromatic carbocycles. The van der Waals surface area contributed by atoms with Crippen molar-refractivity contribution in [3.8, 4) is 0 Å². The third kappa shape index (κ3) is 8.47. The van der Waals surface area contributed by atoms with Gasteiger partial charge in [0, 0.05) is 0 Å². The predicted octanol–water partition coefficient (Wildman–Crippen LogP) is -5.68. The van der Waals surface area contributed by atoms with Crippen molar-refractivity contribution in [1.82, 2.24) is 0 Å². The van der Waals surface area contributed by atoms with Crippen molar-refractivity contribution in [3.05, 3.63) is 0 Å². The van der Waals surface area contributed by atoms with Gasteiger partial charge in [0.1, 0.15) is 37.1 Å². The highest BCUT2D eigenvalue weighted by Gasteiger charge is 2.28. The lowest BCUT2D eigenvalue weighted by Crippen LogP contribution is -2.44. The largest absolute Gasteiger partial charge is 0.394 e. The van der Waals surface area contributed by atoms with Gasteiger partial charge in [-0.25, -0.2) is 0 Å². The molecule has 0 radical (unpaired) electrons. The Hall–Kier alpha value is -0.690. The number of aliphatic hydroxyl groups is 9. The van der Waals surface area contributed by atoms with Gasteiger partial charge in [0.15, 0.2) is 5.78 Å². The predicted molar refractivity (Wildman–Crippen MR) is 63.4 cm³/mol. The van der Waals surface area contributed by atoms with Gasteiger partial charge in [-0.15, -0.1) is 0 Å². The van der Waals surface area contributed by atoms with Gasteiger partial charge in [-0.3, -0.25) is 4.79 Å². The number of hydrogen-bond donors (Lipinski definition) is 9. The van der Waals surface area contributed by atoms with E-state index in [2.05, 4.69) is 0 Å². The molecule has 0 aliphatic carbocycles. The van der Waals surface area contributed by atoms with E-state index in [1.54, 1.807) is 0 Å². The molecule has 0 saturated carbocycles. The van der Waals surface area contributed by atoms with Gasteiger partial charge < -0.3 is 46.0 Å². The maximum atomic E-state index is 10.5. The van der Waals surface area contributed by atoms with E-state index in [-0.39, 0.29) is 0 Å². The molecule has 20 heavy (non-hydrogen) atoms. The van der Waals surface area contributed by atoms with E-state index in [0.717, 1.165) is 0 Å². The summed E-state index contributed by atoms with van der Waals surface area (Å²) in [5.41, 5.74) is 0. The summed E-state index contributed by atoms with van der Waals surface area (Å²) < 4.78 is 0. The maximum Gasteiger partial charge on any atom is 0.189 e. The molecule has 0 bridgehead atoms. The van der Waals surface area contributed by atoms with Crippen LogP contribution in [0.25, 0.3) is 0 Å². The first-order chi connectivity index (χ1) is 9.26. The number of rotatable bonds is 8. The minimum absolute atomic E-state index is 0.526. The Morgan fingerprint density at radius 1 is 0.700 bits per heavy atom. The minimum Gasteiger partial charge on any atom is -0.394 e. The van der Waals surface area contributed by atoms with Crippen LogP contribution in [0.3, 0.4) is 0 Å². The van der Waals surface area contributed by atoms with Gasteiger partial charge in [0.05, 0.1) is 19.8 Å². The normalized spacial score (nSPS) is 18.2. The number of hydrogen-bond acceptors (Lipinski definition) is 10. The molecule has 9 N–H and O–H groups in total. The molecule has 122 valence electrons. The molecule has 10 nitrogen and oxygen atoms in total. The van der Waals surface area contributed by atoms with Gasteiger partial charge in [-0.05, 0) is 0 Å². The molecule has 0 aliphatic rings. The summed E-state index contributed by atoms with van der Waals surface area (Å²) in [4.78, 5) is 10.5. The number of aliphatic hydroxyl groups excluding tert-OH is 9. The molecule has 10 heteroatoms. The molecule has 0 amide bonds. The second kappa shape index (κ2) is 12.1. The number of carbonyl (C=O) groups excluding carboxylic acids is 1. The molecule has 0 spiro atoms. The van der Waals surface area contributed by atoms with Crippen LogP contribution < -0.4 is 0 Å².